The van der Waals surface area contributed by atoms with Crippen LogP contribution in [0.1, 0.15) is 5.56 Å². The van der Waals surface area contributed by atoms with Gasteiger partial charge in [-0.15, -0.1) is 11.8 Å². The molecule has 0 aliphatic heterocycles. The van der Waals surface area contributed by atoms with Gasteiger partial charge < -0.3 is 10.0 Å². The minimum Gasteiger partial charge on any atom is -0.391 e. The number of thioether (sulfide) groups is 1. The number of hydrogen-bond acceptors (Lipinski definition) is 5. The normalized spacial score (nSPS) is 10.8. The molecule has 17 heavy (non-hydrogen) atoms. The highest BCUT2D eigenvalue weighted by atomic mass is 32.2. The molecule has 0 saturated carbocycles. The van der Waals surface area contributed by atoms with E-state index in [1.807, 2.05) is 14.1 Å². The molecule has 0 radical (unpaired) electrons. The number of hydrogen-bond donors (Lipinski definition) is 1. The Morgan fingerprint density at radius 1 is 1.47 bits per heavy atom. The van der Waals surface area contributed by atoms with Gasteiger partial charge in [0.1, 0.15) is 0 Å². The molecule has 0 amide bonds. The van der Waals surface area contributed by atoms with Gasteiger partial charge in [0.15, 0.2) is 0 Å². The average Bonchev–Trinajstić information content (AvgIpc) is 2.28. The third-order valence-electron chi connectivity index (χ3n) is 2.23. The molecule has 0 spiro atoms. The van der Waals surface area contributed by atoms with Gasteiger partial charge in [0, 0.05) is 23.3 Å². The highest BCUT2D eigenvalue weighted by Crippen LogP contribution is 2.25. The Morgan fingerprint density at radius 2 is 2.18 bits per heavy atom. The van der Waals surface area contributed by atoms with Crippen molar-refractivity contribution in [2.24, 2.45) is 0 Å². The first-order valence-electron chi connectivity index (χ1n) is 5.20. The molecule has 0 aliphatic carbocycles. The van der Waals surface area contributed by atoms with E-state index in [1.54, 1.807) is 23.9 Å². The van der Waals surface area contributed by atoms with Crippen molar-refractivity contribution in [3.8, 4) is 0 Å². The maximum absolute atomic E-state index is 10.7. The summed E-state index contributed by atoms with van der Waals surface area (Å²) in [6.07, 6.45) is 0. The van der Waals surface area contributed by atoms with Gasteiger partial charge in [-0.05, 0) is 26.2 Å². The van der Waals surface area contributed by atoms with E-state index in [0.29, 0.717) is 5.56 Å². The number of aliphatic hydroxyl groups excluding tert-OH is 1. The summed E-state index contributed by atoms with van der Waals surface area (Å²) in [7, 11) is 3.99. The zero-order valence-corrected chi connectivity index (χ0v) is 10.7. The van der Waals surface area contributed by atoms with E-state index in [0.717, 1.165) is 17.2 Å². The first-order chi connectivity index (χ1) is 8.04. The number of aliphatic hydroxyl groups is 1. The molecule has 1 aromatic carbocycles. The number of nitro benzene ring substituents is 1. The lowest BCUT2D eigenvalue weighted by Crippen LogP contribution is -2.14. The van der Waals surface area contributed by atoms with Gasteiger partial charge in [0.2, 0.25) is 0 Å². The molecule has 0 fully saturated rings. The summed E-state index contributed by atoms with van der Waals surface area (Å²) in [4.78, 5) is 13.2. The largest absolute Gasteiger partial charge is 0.391 e. The average molecular weight is 256 g/mol. The van der Waals surface area contributed by atoms with Crippen molar-refractivity contribution in [2.45, 2.75) is 11.5 Å². The molecular weight excluding hydrogens is 240 g/mol. The molecule has 0 heterocycles. The van der Waals surface area contributed by atoms with Crippen LogP contribution in [0.5, 0.6) is 0 Å². The number of benzene rings is 1. The van der Waals surface area contributed by atoms with Crippen LogP contribution in [0.2, 0.25) is 0 Å². The molecule has 0 bridgehead atoms. The van der Waals surface area contributed by atoms with Gasteiger partial charge in [0.25, 0.3) is 5.69 Å². The molecule has 6 heteroatoms. The fourth-order valence-electron chi connectivity index (χ4n) is 1.30. The predicted octanol–water partition coefficient (Wildman–Crippen LogP) is 1.74. The molecule has 0 atom stereocenters. The standard InChI is InChI=1S/C11H16N2O3S/c1-12(2)5-6-17-10-3-4-11(13(15)16)9(7-10)8-14/h3-4,7,14H,5-6,8H2,1-2H3. The zero-order chi connectivity index (χ0) is 12.8. The van der Waals surface area contributed by atoms with Crippen molar-refractivity contribution >= 4 is 17.4 Å². The SMILES string of the molecule is CN(C)CCSc1ccc([N+](=O)[O-])c(CO)c1. The summed E-state index contributed by atoms with van der Waals surface area (Å²) in [6, 6.07) is 4.85. The summed E-state index contributed by atoms with van der Waals surface area (Å²) in [5.41, 5.74) is 0.342. The second-order valence-electron chi connectivity index (χ2n) is 3.86. The number of nitro groups is 1. The second kappa shape index (κ2) is 6.58. The fraction of sp³-hybridized carbons (Fsp3) is 0.455. The molecule has 1 rings (SSSR count). The van der Waals surface area contributed by atoms with Gasteiger partial charge in [-0.2, -0.15) is 0 Å². The molecule has 1 N–H and O–H groups in total. The third-order valence-corrected chi connectivity index (χ3v) is 3.20. The number of nitrogens with zero attached hydrogens (tertiary/aromatic N) is 2. The van der Waals surface area contributed by atoms with Gasteiger partial charge in [-0.3, -0.25) is 10.1 Å². The molecule has 0 aliphatic rings. The van der Waals surface area contributed by atoms with Gasteiger partial charge in [-0.1, -0.05) is 0 Å². The first-order valence-corrected chi connectivity index (χ1v) is 6.19. The lowest BCUT2D eigenvalue weighted by atomic mass is 10.2. The number of rotatable bonds is 6. The van der Waals surface area contributed by atoms with Crippen LogP contribution in [-0.4, -0.2) is 41.3 Å². The quantitative estimate of drug-likeness (QED) is 0.477. The second-order valence-corrected chi connectivity index (χ2v) is 5.03. The third kappa shape index (κ3) is 4.33. The molecule has 94 valence electrons. The maximum atomic E-state index is 10.7. The van der Waals surface area contributed by atoms with Crippen molar-refractivity contribution in [3.05, 3.63) is 33.9 Å². The van der Waals surface area contributed by atoms with Gasteiger partial charge in [-0.25, -0.2) is 0 Å². The lowest BCUT2D eigenvalue weighted by Gasteiger charge is -2.09. The van der Waals surface area contributed by atoms with Crippen LogP contribution in [-0.2, 0) is 6.61 Å². The summed E-state index contributed by atoms with van der Waals surface area (Å²) in [5.74, 6) is 0.912. The Morgan fingerprint density at radius 3 is 2.71 bits per heavy atom. The van der Waals surface area contributed by atoms with Crippen molar-refractivity contribution in [3.63, 3.8) is 0 Å². The Balaban J connectivity index is 2.72. The van der Waals surface area contributed by atoms with Crippen molar-refractivity contribution in [2.75, 3.05) is 26.4 Å². The van der Waals surface area contributed by atoms with E-state index >= 15 is 0 Å². The molecular formula is C11H16N2O3S. The van der Waals surface area contributed by atoms with Crippen molar-refractivity contribution in [1.29, 1.82) is 0 Å². The van der Waals surface area contributed by atoms with Crippen LogP contribution >= 0.6 is 11.8 Å². The molecule has 0 saturated heterocycles. The minimum atomic E-state index is -0.472. The maximum Gasteiger partial charge on any atom is 0.274 e. The highest BCUT2D eigenvalue weighted by molar-refractivity contribution is 7.99. The van der Waals surface area contributed by atoms with Crippen LogP contribution in [0.25, 0.3) is 0 Å². The van der Waals surface area contributed by atoms with E-state index in [9.17, 15) is 10.1 Å². The monoisotopic (exact) mass is 256 g/mol. The molecule has 0 unspecified atom stereocenters. The van der Waals surface area contributed by atoms with E-state index in [-0.39, 0.29) is 12.3 Å². The van der Waals surface area contributed by atoms with Crippen LogP contribution < -0.4 is 0 Å². The Kier molecular flexibility index (Phi) is 5.40. The van der Waals surface area contributed by atoms with Crippen LogP contribution in [0.15, 0.2) is 23.1 Å². The molecule has 5 nitrogen and oxygen atoms in total. The lowest BCUT2D eigenvalue weighted by molar-refractivity contribution is -0.385. The van der Waals surface area contributed by atoms with Gasteiger partial charge >= 0.3 is 0 Å². The van der Waals surface area contributed by atoms with Crippen LogP contribution in [0, 0.1) is 10.1 Å². The first kappa shape index (κ1) is 14.0. The summed E-state index contributed by atoms with van der Waals surface area (Å²) in [6.45, 7) is 0.633. The van der Waals surface area contributed by atoms with E-state index in [2.05, 4.69) is 4.90 Å². The van der Waals surface area contributed by atoms with Crippen molar-refractivity contribution in [1.82, 2.24) is 4.90 Å². The zero-order valence-electron chi connectivity index (χ0n) is 9.92. The molecule has 0 aromatic heterocycles. The Hall–Kier alpha value is -1.11. The summed E-state index contributed by atoms with van der Waals surface area (Å²) < 4.78 is 0. The summed E-state index contributed by atoms with van der Waals surface area (Å²) in [5, 5.41) is 19.8. The Labute approximate surface area is 105 Å². The highest BCUT2D eigenvalue weighted by Gasteiger charge is 2.13. The van der Waals surface area contributed by atoms with E-state index < -0.39 is 4.92 Å². The van der Waals surface area contributed by atoms with Crippen molar-refractivity contribution < 1.29 is 10.0 Å². The van der Waals surface area contributed by atoms with E-state index in [1.165, 1.54) is 6.07 Å². The predicted molar refractivity (Wildman–Crippen MR) is 68.3 cm³/mol. The van der Waals surface area contributed by atoms with Crippen LogP contribution in [0.4, 0.5) is 5.69 Å². The Bertz CT molecular complexity index is 396. The molecule has 1 aromatic rings. The van der Waals surface area contributed by atoms with E-state index in [4.69, 9.17) is 5.11 Å². The summed E-state index contributed by atoms with van der Waals surface area (Å²) >= 11 is 1.62. The smallest absolute Gasteiger partial charge is 0.274 e. The minimum absolute atomic E-state index is 0.0236. The van der Waals surface area contributed by atoms with Gasteiger partial charge in [0.05, 0.1) is 17.1 Å². The fourth-order valence-corrected chi connectivity index (χ4v) is 2.38. The van der Waals surface area contributed by atoms with Crippen LogP contribution in [0.3, 0.4) is 0 Å². The topological polar surface area (TPSA) is 66.6 Å².